The van der Waals surface area contributed by atoms with Crippen LogP contribution in [0.25, 0.3) is 0 Å². The Kier molecular flexibility index (Phi) is 52.0. The number of aliphatic hydroxyl groups excluding tert-OH is 11. The highest BCUT2D eigenvalue weighted by Crippen LogP contribution is 2.33. The Balaban J connectivity index is 1.35. The minimum atomic E-state index is -1.98. The Hall–Kier alpha value is -1.99. The third-order valence-corrected chi connectivity index (χ3v) is 19.2. The number of carbonyl (C=O) groups is 1. The quantitative estimate of drug-likeness (QED) is 0.0199. The fourth-order valence-corrected chi connectivity index (χ4v) is 13.0. The van der Waals surface area contributed by atoms with Gasteiger partial charge in [0.05, 0.1) is 38.6 Å². The van der Waals surface area contributed by atoms with E-state index in [2.05, 4.69) is 43.5 Å². The van der Waals surface area contributed by atoms with E-state index in [1.165, 1.54) is 231 Å². The maximum atomic E-state index is 13.4. The molecule has 0 aromatic carbocycles. The molecule has 552 valence electrons. The topological polar surface area (TPSA) is 307 Å². The SMILES string of the molecule is CCCCCCCCCC/C=C\CCCCCCCCCCCCCCCCCCCCCCCC(=O)NC(COC1OC(CO)C(OC2OC(CO)C(OC3OC(CO)C(O)C(O)C3O)C(O)C2O)C(O)C1O)C(O)/C=C/CC/C=C/CCCCCCCCCCCC. The van der Waals surface area contributed by atoms with Crippen LogP contribution in [0.2, 0.25) is 0 Å². The van der Waals surface area contributed by atoms with Crippen LogP contribution < -0.4 is 5.32 Å². The van der Waals surface area contributed by atoms with Gasteiger partial charge < -0.3 is 89.9 Å². The molecule has 0 aromatic rings. The van der Waals surface area contributed by atoms with Crippen molar-refractivity contribution in [2.75, 3.05) is 26.4 Å². The van der Waals surface area contributed by atoms with E-state index in [1.807, 2.05) is 6.08 Å². The highest BCUT2D eigenvalue weighted by molar-refractivity contribution is 5.76. The van der Waals surface area contributed by atoms with Crippen molar-refractivity contribution in [2.45, 2.75) is 407 Å². The largest absolute Gasteiger partial charge is 0.394 e. The Morgan fingerprint density at radius 1 is 0.372 bits per heavy atom. The van der Waals surface area contributed by atoms with Gasteiger partial charge in [0, 0.05) is 6.42 Å². The summed E-state index contributed by atoms with van der Waals surface area (Å²) in [6.45, 7) is 1.74. The zero-order valence-electron chi connectivity index (χ0n) is 58.7. The summed E-state index contributed by atoms with van der Waals surface area (Å²) < 4.78 is 34.4. The molecule has 1 amide bonds. The standard InChI is InChI=1S/C75H139NO18/c1-3-5-7-9-11-13-15-17-19-21-22-23-24-25-26-27-28-29-30-31-32-33-34-35-36-37-39-41-43-45-47-49-51-53-63(81)76-58(59(80)52-50-48-46-44-42-40-38-20-18-16-14-12-10-8-6-4-2)57-89-73-69(87)66(84)71(61(55-78)91-73)94-75-70(88)67(85)72(62(56-79)92-75)93-74-68(86)65(83)64(82)60(54-77)90-74/h21-22,42,44,50,52,58-62,64-75,77-80,82-88H,3-20,23-41,43,45-49,51,53-57H2,1-2H3,(H,76,81)/b22-21-,44-42+,52-50+. The van der Waals surface area contributed by atoms with Crippen LogP contribution >= 0.6 is 0 Å². The smallest absolute Gasteiger partial charge is 0.220 e. The molecule has 0 bridgehead atoms. The lowest BCUT2D eigenvalue weighted by molar-refractivity contribution is -0.379. The second-order valence-electron chi connectivity index (χ2n) is 27.5. The maximum absolute atomic E-state index is 13.4. The fraction of sp³-hybridized carbons (Fsp3) is 0.907. The molecule has 3 saturated heterocycles. The van der Waals surface area contributed by atoms with Gasteiger partial charge in [-0.15, -0.1) is 0 Å². The second-order valence-corrected chi connectivity index (χ2v) is 27.5. The Morgan fingerprint density at radius 3 is 1.06 bits per heavy atom. The van der Waals surface area contributed by atoms with Gasteiger partial charge in [0.25, 0.3) is 0 Å². The van der Waals surface area contributed by atoms with Gasteiger partial charge in [0.15, 0.2) is 18.9 Å². The number of amides is 1. The molecule has 94 heavy (non-hydrogen) atoms. The molecular weight excluding hydrogens is 1200 g/mol. The van der Waals surface area contributed by atoms with Gasteiger partial charge in [-0.1, -0.05) is 275 Å². The zero-order chi connectivity index (χ0) is 68.2. The molecule has 0 spiro atoms. The van der Waals surface area contributed by atoms with E-state index in [0.717, 1.165) is 38.5 Å². The van der Waals surface area contributed by atoms with E-state index in [0.29, 0.717) is 12.8 Å². The van der Waals surface area contributed by atoms with Gasteiger partial charge in [-0.25, -0.2) is 0 Å². The average molecular weight is 1340 g/mol. The molecule has 3 fully saturated rings. The summed E-state index contributed by atoms with van der Waals surface area (Å²) in [6, 6.07) is -0.988. The van der Waals surface area contributed by atoms with Gasteiger partial charge in [-0.05, 0) is 57.8 Å². The van der Waals surface area contributed by atoms with Crippen LogP contribution in [-0.4, -0.2) is 193 Å². The highest BCUT2D eigenvalue weighted by Gasteiger charge is 2.53. The third kappa shape index (κ3) is 37.4. The molecule has 17 unspecified atom stereocenters. The summed E-state index contributed by atoms with van der Waals surface area (Å²) in [5.41, 5.74) is 0. The number of ether oxygens (including phenoxy) is 6. The summed E-state index contributed by atoms with van der Waals surface area (Å²) >= 11 is 0. The molecular formula is C75H139NO18. The minimum Gasteiger partial charge on any atom is -0.394 e. The van der Waals surface area contributed by atoms with E-state index in [9.17, 15) is 61.0 Å². The molecule has 0 aromatic heterocycles. The molecule has 3 heterocycles. The van der Waals surface area contributed by atoms with Crippen LogP contribution in [0.5, 0.6) is 0 Å². The summed E-state index contributed by atoms with van der Waals surface area (Å²) in [5.74, 6) is -0.280. The van der Waals surface area contributed by atoms with Crippen molar-refractivity contribution in [1.29, 1.82) is 0 Å². The summed E-state index contributed by atoms with van der Waals surface area (Å²) in [4.78, 5) is 13.4. The first kappa shape index (κ1) is 86.2. The first-order valence-electron chi connectivity index (χ1n) is 38.2. The van der Waals surface area contributed by atoms with Crippen molar-refractivity contribution < 1.29 is 89.4 Å². The Labute approximate surface area is 568 Å². The molecule has 0 radical (unpaired) electrons. The van der Waals surface area contributed by atoms with E-state index in [4.69, 9.17) is 28.4 Å². The summed E-state index contributed by atoms with van der Waals surface area (Å²) in [5, 5.41) is 121. The van der Waals surface area contributed by atoms with Crippen molar-refractivity contribution in [2.24, 2.45) is 0 Å². The maximum Gasteiger partial charge on any atom is 0.220 e. The molecule has 17 atom stereocenters. The molecule has 3 rings (SSSR count). The second kappa shape index (κ2) is 56.7. The Bertz CT molecular complexity index is 1840. The predicted molar refractivity (Wildman–Crippen MR) is 369 cm³/mol. The van der Waals surface area contributed by atoms with Crippen LogP contribution in [0.1, 0.15) is 303 Å². The van der Waals surface area contributed by atoms with Crippen LogP contribution in [-0.2, 0) is 33.2 Å². The van der Waals surface area contributed by atoms with Crippen molar-refractivity contribution >= 4 is 5.91 Å². The van der Waals surface area contributed by atoms with Crippen LogP contribution in [0.15, 0.2) is 36.5 Å². The van der Waals surface area contributed by atoms with Crippen molar-refractivity contribution in [3.63, 3.8) is 0 Å². The van der Waals surface area contributed by atoms with Crippen LogP contribution in [0.3, 0.4) is 0 Å². The number of rotatable bonds is 60. The van der Waals surface area contributed by atoms with Crippen molar-refractivity contribution in [3.05, 3.63) is 36.5 Å². The number of hydrogen-bond acceptors (Lipinski definition) is 18. The molecule has 19 heteroatoms. The fourth-order valence-electron chi connectivity index (χ4n) is 13.0. The molecule has 3 aliphatic rings. The lowest BCUT2D eigenvalue weighted by Gasteiger charge is -2.48. The van der Waals surface area contributed by atoms with Crippen LogP contribution in [0.4, 0.5) is 0 Å². The first-order chi connectivity index (χ1) is 45.8. The van der Waals surface area contributed by atoms with E-state index in [-0.39, 0.29) is 18.9 Å². The lowest BCUT2D eigenvalue weighted by atomic mass is 9.96. The number of aliphatic hydroxyl groups is 11. The minimum absolute atomic E-state index is 0.239. The molecule has 0 aliphatic carbocycles. The third-order valence-electron chi connectivity index (χ3n) is 19.2. The molecule has 0 saturated carbocycles. The molecule has 12 N–H and O–H groups in total. The van der Waals surface area contributed by atoms with Crippen LogP contribution in [0, 0.1) is 0 Å². The predicted octanol–water partition coefficient (Wildman–Crippen LogP) is 11.6. The van der Waals surface area contributed by atoms with Gasteiger partial charge in [0.1, 0.15) is 73.2 Å². The number of hydrogen-bond donors (Lipinski definition) is 12. The van der Waals surface area contributed by atoms with Gasteiger partial charge in [0.2, 0.25) is 5.91 Å². The highest BCUT2D eigenvalue weighted by atomic mass is 16.8. The average Bonchev–Trinajstić information content (AvgIpc) is 0.787. The van der Waals surface area contributed by atoms with Gasteiger partial charge >= 0.3 is 0 Å². The lowest BCUT2D eigenvalue weighted by Crippen LogP contribution is -2.66. The Morgan fingerprint density at radius 2 is 0.681 bits per heavy atom. The monoisotopic (exact) mass is 1340 g/mol. The number of nitrogens with one attached hydrogen (secondary N) is 1. The number of carbonyl (C=O) groups excluding carboxylic acids is 1. The van der Waals surface area contributed by atoms with Crippen molar-refractivity contribution in [1.82, 2.24) is 5.32 Å². The first-order valence-corrected chi connectivity index (χ1v) is 38.2. The van der Waals surface area contributed by atoms with Gasteiger partial charge in [-0.3, -0.25) is 4.79 Å². The van der Waals surface area contributed by atoms with E-state index < -0.39 is 124 Å². The number of allylic oxidation sites excluding steroid dienone is 5. The van der Waals surface area contributed by atoms with E-state index in [1.54, 1.807) is 6.08 Å². The van der Waals surface area contributed by atoms with Crippen molar-refractivity contribution in [3.8, 4) is 0 Å². The normalized spacial score (nSPS) is 27.5. The molecule has 19 nitrogen and oxygen atoms in total. The zero-order valence-corrected chi connectivity index (χ0v) is 58.7. The molecule has 3 aliphatic heterocycles. The summed E-state index contributed by atoms with van der Waals surface area (Å²) in [6.07, 6.45) is 41.5. The van der Waals surface area contributed by atoms with E-state index >= 15 is 0 Å². The van der Waals surface area contributed by atoms with Gasteiger partial charge in [-0.2, -0.15) is 0 Å². The number of unbranched alkanes of at least 4 members (excludes halogenated alkanes) is 40. The summed E-state index contributed by atoms with van der Waals surface area (Å²) in [7, 11) is 0.